The number of hydrogen-bond acceptors (Lipinski definition) is 3. The van der Waals surface area contributed by atoms with Gasteiger partial charge in [0.2, 0.25) is 0 Å². The molecule has 8 rings (SSSR count). The van der Waals surface area contributed by atoms with Crippen molar-refractivity contribution in [1.82, 2.24) is 25.1 Å². The minimum absolute atomic E-state index is 0.146. The molecule has 8 aromatic rings. The molecule has 49 heavy (non-hydrogen) atoms. The van der Waals surface area contributed by atoms with E-state index in [4.69, 9.17) is 4.98 Å². The first-order valence-electron chi connectivity index (χ1n) is 16.6. The fraction of sp³-hybridized carbons (Fsp3) is 0.0930. The molecule has 0 radical (unpaired) electrons. The molecule has 1 unspecified atom stereocenters. The lowest BCUT2D eigenvalue weighted by molar-refractivity contribution is 0.0935. The molecule has 1 atom stereocenters. The third kappa shape index (κ3) is 5.57. The Hall–Kier alpha value is -6.27. The van der Waals surface area contributed by atoms with Crippen LogP contribution in [0.25, 0.3) is 33.1 Å². The lowest BCUT2D eigenvalue weighted by Crippen LogP contribution is -2.35. The van der Waals surface area contributed by atoms with E-state index in [1.165, 1.54) is 16.7 Å². The van der Waals surface area contributed by atoms with Crippen LogP contribution in [-0.4, -0.2) is 25.7 Å². The monoisotopic (exact) mass is 637 g/mol. The number of fused-ring (bicyclic) bond motifs is 2. The zero-order valence-electron chi connectivity index (χ0n) is 27.1. The van der Waals surface area contributed by atoms with Crippen molar-refractivity contribution in [1.29, 1.82) is 0 Å². The third-order valence-electron chi connectivity index (χ3n) is 9.53. The Labute approximate surface area is 285 Å². The molecule has 0 aliphatic carbocycles. The van der Waals surface area contributed by atoms with E-state index < -0.39 is 5.41 Å². The van der Waals surface area contributed by atoms with E-state index >= 15 is 0 Å². The van der Waals surface area contributed by atoms with Crippen LogP contribution in [-0.2, 0) is 12.0 Å². The van der Waals surface area contributed by atoms with Crippen LogP contribution in [0.1, 0.15) is 45.7 Å². The van der Waals surface area contributed by atoms with Crippen LogP contribution in [0.5, 0.6) is 0 Å². The molecule has 0 fully saturated rings. The number of nitrogens with zero attached hydrogens (tertiary/aromatic N) is 3. The molecule has 5 aromatic carbocycles. The number of carbonyl (C=O) groups is 1. The number of rotatable bonds is 9. The number of aromatic nitrogens is 4. The van der Waals surface area contributed by atoms with Gasteiger partial charge in [0.25, 0.3) is 5.91 Å². The van der Waals surface area contributed by atoms with Crippen LogP contribution in [0.2, 0.25) is 0 Å². The second-order valence-corrected chi connectivity index (χ2v) is 12.5. The van der Waals surface area contributed by atoms with Crippen LogP contribution in [0, 0.1) is 0 Å². The van der Waals surface area contributed by atoms with Gasteiger partial charge in [-0.25, -0.2) is 4.98 Å². The molecule has 0 aliphatic heterocycles. The van der Waals surface area contributed by atoms with Gasteiger partial charge in [0.05, 0.1) is 34.7 Å². The first-order chi connectivity index (χ1) is 24.1. The topological polar surface area (TPSA) is 75.6 Å². The van der Waals surface area contributed by atoms with Gasteiger partial charge in [-0.05, 0) is 59.5 Å². The van der Waals surface area contributed by atoms with Gasteiger partial charge in [0.1, 0.15) is 5.69 Å². The third-order valence-corrected chi connectivity index (χ3v) is 9.53. The van der Waals surface area contributed by atoms with E-state index in [9.17, 15) is 4.79 Å². The lowest BCUT2D eigenvalue weighted by atomic mass is 9.69. The van der Waals surface area contributed by atoms with E-state index in [-0.39, 0.29) is 11.9 Å². The summed E-state index contributed by atoms with van der Waals surface area (Å²) in [5.41, 5.74) is 8.24. The Kier molecular flexibility index (Phi) is 7.82. The smallest absolute Gasteiger partial charge is 0.270 e. The molecule has 0 bridgehead atoms. The van der Waals surface area contributed by atoms with Gasteiger partial charge >= 0.3 is 0 Å². The summed E-state index contributed by atoms with van der Waals surface area (Å²) in [5, 5.41) is 8.87. The number of carbonyl (C=O) groups excluding carboxylic acids is 1. The Bertz CT molecular complexity index is 2250. The van der Waals surface area contributed by atoms with Crippen LogP contribution in [0.4, 0.5) is 0 Å². The Morgan fingerprint density at radius 1 is 0.735 bits per heavy atom. The second-order valence-electron chi connectivity index (χ2n) is 12.5. The van der Waals surface area contributed by atoms with E-state index in [2.05, 4.69) is 123 Å². The summed E-state index contributed by atoms with van der Waals surface area (Å²) in [7, 11) is 0. The fourth-order valence-corrected chi connectivity index (χ4v) is 7.05. The van der Waals surface area contributed by atoms with Gasteiger partial charge in [-0.15, -0.1) is 0 Å². The summed E-state index contributed by atoms with van der Waals surface area (Å²) in [4.78, 5) is 22.6. The average Bonchev–Trinajstić information content (AvgIpc) is 3.75. The number of pyridine rings is 1. The van der Waals surface area contributed by atoms with Gasteiger partial charge in [-0.2, -0.15) is 0 Å². The minimum Gasteiger partial charge on any atom is -0.344 e. The van der Waals surface area contributed by atoms with Gasteiger partial charge in [-0.1, -0.05) is 121 Å². The molecular weight excluding hydrogens is 603 g/mol. The summed E-state index contributed by atoms with van der Waals surface area (Å²) in [6.45, 7) is 2.57. The summed E-state index contributed by atoms with van der Waals surface area (Å²) in [6.07, 6.45) is 3.63. The highest BCUT2D eigenvalue weighted by Gasteiger charge is 2.37. The number of H-pyrrole nitrogens is 1. The molecule has 3 heterocycles. The van der Waals surface area contributed by atoms with Crippen LogP contribution >= 0.6 is 0 Å². The maximum Gasteiger partial charge on any atom is 0.270 e. The molecule has 1 amide bonds. The molecule has 3 aromatic heterocycles. The van der Waals surface area contributed by atoms with Crippen LogP contribution < -0.4 is 5.32 Å². The van der Waals surface area contributed by atoms with Crippen molar-refractivity contribution in [2.75, 3.05) is 0 Å². The maximum atomic E-state index is 13.5. The normalized spacial score (nSPS) is 12.3. The van der Waals surface area contributed by atoms with E-state index in [1.807, 2.05) is 67.8 Å². The number of aromatic amines is 1. The van der Waals surface area contributed by atoms with Gasteiger partial charge in [-0.3, -0.25) is 19.6 Å². The number of hydrogen-bond donors (Lipinski definition) is 2. The number of benzene rings is 5. The largest absolute Gasteiger partial charge is 0.344 e. The van der Waals surface area contributed by atoms with Crippen molar-refractivity contribution < 1.29 is 4.79 Å². The van der Waals surface area contributed by atoms with Crippen molar-refractivity contribution in [3.8, 4) is 11.3 Å². The number of nitrogens with one attached hydrogen (secondary N) is 2. The highest BCUT2D eigenvalue weighted by molar-refractivity contribution is 6.05. The number of amides is 1. The predicted octanol–water partition coefficient (Wildman–Crippen LogP) is 9.11. The second kappa shape index (κ2) is 12.7. The van der Waals surface area contributed by atoms with Crippen molar-refractivity contribution in [2.24, 2.45) is 0 Å². The van der Waals surface area contributed by atoms with Crippen molar-refractivity contribution in [3.05, 3.63) is 192 Å². The quantitative estimate of drug-likeness (QED) is 0.155. The zero-order chi connectivity index (χ0) is 33.2. The molecule has 6 nitrogen and oxygen atoms in total. The summed E-state index contributed by atoms with van der Waals surface area (Å²) in [6, 6.07) is 52.1. The summed E-state index contributed by atoms with van der Waals surface area (Å²) < 4.78 is 2.24. The Balaban J connectivity index is 1.30. The van der Waals surface area contributed by atoms with Crippen molar-refractivity contribution in [3.63, 3.8) is 0 Å². The molecule has 0 saturated heterocycles. The average molecular weight is 638 g/mol. The van der Waals surface area contributed by atoms with Crippen LogP contribution in [0.3, 0.4) is 0 Å². The predicted molar refractivity (Wildman–Crippen MR) is 196 cm³/mol. The van der Waals surface area contributed by atoms with Gasteiger partial charge < -0.3 is 5.32 Å². The highest BCUT2D eigenvalue weighted by Crippen LogP contribution is 2.42. The van der Waals surface area contributed by atoms with Gasteiger partial charge in [0.15, 0.2) is 0 Å². The SMILES string of the molecule is CC(NC(=O)c1cc2cc3c(-c4ccncc4)[nH]n(CC(c4ccccc4)(c4ccccc4)c4ccccc4)c3cc2n1)c1ccccc1. The molecule has 0 aliphatic rings. The molecular formula is C43H35N5O. The molecule has 6 heteroatoms. The molecule has 0 spiro atoms. The van der Waals surface area contributed by atoms with Gasteiger partial charge in [0, 0.05) is 28.7 Å². The van der Waals surface area contributed by atoms with Crippen LogP contribution in [0.15, 0.2) is 164 Å². The standard InChI is InChI=1S/C43H35N5O/c1-30(31-14-6-2-7-15-31)45-42(49)39-27-33-26-37-40(28-38(33)46-39)48(47-41(37)32-22-24-44-25-23-32)29-43(34-16-8-3-9-17-34,35-18-10-4-11-19-35)36-20-12-5-13-21-36/h2-28,30,47H,29H2,1H3,(H,45,49). The van der Waals surface area contributed by atoms with E-state index in [0.29, 0.717) is 12.2 Å². The first kappa shape index (κ1) is 30.1. The van der Waals surface area contributed by atoms with E-state index in [1.54, 1.807) is 0 Å². The fourth-order valence-electron chi connectivity index (χ4n) is 7.05. The van der Waals surface area contributed by atoms with Crippen molar-refractivity contribution >= 4 is 27.7 Å². The highest BCUT2D eigenvalue weighted by atomic mass is 16.1. The molecule has 2 N–H and O–H groups in total. The Morgan fingerprint density at radius 3 is 1.86 bits per heavy atom. The summed E-state index contributed by atoms with van der Waals surface area (Å²) in [5.74, 6) is -0.197. The van der Waals surface area contributed by atoms with Crippen molar-refractivity contribution in [2.45, 2.75) is 24.9 Å². The summed E-state index contributed by atoms with van der Waals surface area (Å²) >= 11 is 0. The molecule has 0 saturated carbocycles. The minimum atomic E-state index is -0.533. The maximum absolute atomic E-state index is 13.5. The van der Waals surface area contributed by atoms with E-state index in [0.717, 1.165) is 38.6 Å². The zero-order valence-corrected chi connectivity index (χ0v) is 27.1. The Morgan fingerprint density at radius 2 is 1.29 bits per heavy atom. The lowest BCUT2D eigenvalue weighted by Gasteiger charge is -2.36. The molecule has 238 valence electrons. The first-order valence-corrected chi connectivity index (χ1v) is 16.6.